The van der Waals surface area contributed by atoms with Gasteiger partial charge in [0.2, 0.25) is 5.91 Å². The van der Waals surface area contributed by atoms with Crippen LogP contribution in [0.15, 0.2) is 35.5 Å². The summed E-state index contributed by atoms with van der Waals surface area (Å²) in [5.74, 6) is 2.30. The Morgan fingerprint density at radius 1 is 1.06 bits per heavy atom. The number of nitrogens with zero attached hydrogens (tertiary/aromatic N) is 3. The van der Waals surface area contributed by atoms with Gasteiger partial charge in [0.25, 0.3) is 0 Å². The van der Waals surface area contributed by atoms with Gasteiger partial charge in [-0.2, -0.15) is 0 Å². The van der Waals surface area contributed by atoms with Gasteiger partial charge in [0.15, 0.2) is 11.0 Å². The number of hydrogen-bond donors (Lipinski definition) is 1. The Bertz CT molecular complexity index is 1120. The van der Waals surface area contributed by atoms with Crippen LogP contribution in [0.1, 0.15) is 23.9 Å². The van der Waals surface area contributed by atoms with Crippen LogP contribution in [0.2, 0.25) is 5.02 Å². The molecule has 0 bridgehead atoms. The summed E-state index contributed by atoms with van der Waals surface area (Å²) >= 11 is 7.42. The number of thioether (sulfide) groups is 1. The van der Waals surface area contributed by atoms with Gasteiger partial charge in [-0.05, 0) is 44.0 Å². The van der Waals surface area contributed by atoms with E-state index >= 15 is 0 Å². The van der Waals surface area contributed by atoms with E-state index in [1.54, 1.807) is 12.1 Å². The second-order valence-corrected chi connectivity index (χ2v) is 8.63. The van der Waals surface area contributed by atoms with Crippen molar-refractivity contribution in [3.05, 3.63) is 52.3 Å². The number of amides is 1. The Morgan fingerprint density at radius 3 is 2.39 bits per heavy atom. The maximum absolute atomic E-state index is 12.6. The molecule has 0 aliphatic heterocycles. The molecule has 1 N–H and O–H groups in total. The number of hydrogen-bond acceptors (Lipinski definition) is 7. The molecule has 1 amide bonds. The second kappa shape index (κ2) is 11.3. The molecule has 0 atom stereocenters. The lowest BCUT2D eigenvalue weighted by atomic mass is 10.1. The summed E-state index contributed by atoms with van der Waals surface area (Å²) in [5.41, 5.74) is 2.75. The molecule has 3 aromatic rings. The number of carbonyl (C=O) groups is 1. The summed E-state index contributed by atoms with van der Waals surface area (Å²) in [6, 6.07) is 9.29. The van der Waals surface area contributed by atoms with Crippen molar-refractivity contribution in [2.75, 3.05) is 25.3 Å². The normalized spacial score (nSPS) is 10.7. The van der Waals surface area contributed by atoms with E-state index in [-0.39, 0.29) is 18.3 Å². The summed E-state index contributed by atoms with van der Waals surface area (Å²) in [6.45, 7) is 7.01. The largest absolute Gasteiger partial charge is 0.495 e. The minimum Gasteiger partial charge on any atom is -0.495 e. The van der Waals surface area contributed by atoms with Crippen LogP contribution in [0, 0.1) is 13.8 Å². The molecular weight excluding hydrogens is 464 g/mol. The van der Waals surface area contributed by atoms with Gasteiger partial charge in [-0.25, -0.2) is 0 Å². The van der Waals surface area contributed by atoms with Crippen LogP contribution in [-0.2, 0) is 17.9 Å². The Kier molecular flexibility index (Phi) is 8.46. The maximum Gasteiger partial charge on any atom is 0.234 e. The number of methoxy groups -OCH3 is 2. The van der Waals surface area contributed by atoms with E-state index < -0.39 is 0 Å². The van der Waals surface area contributed by atoms with Crippen molar-refractivity contribution in [1.29, 1.82) is 0 Å². The molecule has 0 aliphatic carbocycles. The molecular formula is C23H27ClN4O4S. The van der Waals surface area contributed by atoms with Gasteiger partial charge in [0.1, 0.15) is 23.9 Å². The van der Waals surface area contributed by atoms with Gasteiger partial charge in [-0.15, -0.1) is 10.2 Å². The highest BCUT2D eigenvalue weighted by Crippen LogP contribution is 2.36. The molecule has 176 valence electrons. The molecule has 0 spiro atoms. The lowest BCUT2D eigenvalue weighted by molar-refractivity contribution is -0.113. The third-order valence-corrected chi connectivity index (χ3v) is 6.02. The van der Waals surface area contributed by atoms with Crippen molar-refractivity contribution in [1.82, 2.24) is 14.8 Å². The van der Waals surface area contributed by atoms with Gasteiger partial charge in [0.05, 0.1) is 30.7 Å². The van der Waals surface area contributed by atoms with Crippen LogP contribution in [0.4, 0.5) is 5.69 Å². The van der Waals surface area contributed by atoms with E-state index in [4.69, 9.17) is 25.8 Å². The fourth-order valence-corrected chi connectivity index (χ4v) is 4.34. The van der Waals surface area contributed by atoms with Gasteiger partial charge >= 0.3 is 0 Å². The fourth-order valence-electron chi connectivity index (χ4n) is 3.29. The molecule has 0 saturated heterocycles. The Balaban J connectivity index is 1.63. The molecule has 1 aromatic heterocycles. The van der Waals surface area contributed by atoms with Crippen molar-refractivity contribution >= 4 is 35.0 Å². The molecule has 3 rings (SSSR count). The van der Waals surface area contributed by atoms with E-state index in [0.717, 1.165) is 16.9 Å². The predicted octanol–water partition coefficient (Wildman–Crippen LogP) is 4.90. The fraction of sp³-hybridized carbons (Fsp3) is 0.348. The smallest absolute Gasteiger partial charge is 0.234 e. The van der Waals surface area contributed by atoms with Crippen LogP contribution >= 0.6 is 23.4 Å². The minimum absolute atomic E-state index is 0.143. The monoisotopic (exact) mass is 490 g/mol. The lowest BCUT2D eigenvalue weighted by Gasteiger charge is -2.13. The molecule has 0 unspecified atom stereocenters. The molecule has 0 radical (unpaired) electrons. The lowest BCUT2D eigenvalue weighted by Crippen LogP contribution is -2.15. The number of anilines is 1. The summed E-state index contributed by atoms with van der Waals surface area (Å²) in [4.78, 5) is 12.6. The maximum atomic E-state index is 12.6. The van der Waals surface area contributed by atoms with Gasteiger partial charge < -0.3 is 24.1 Å². The third kappa shape index (κ3) is 6.33. The zero-order valence-corrected chi connectivity index (χ0v) is 20.8. The number of aryl methyl sites for hydroxylation is 2. The highest BCUT2D eigenvalue weighted by atomic mass is 35.5. The van der Waals surface area contributed by atoms with Gasteiger partial charge in [0, 0.05) is 18.7 Å². The zero-order valence-electron chi connectivity index (χ0n) is 19.3. The predicted molar refractivity (Wildman–Crippen MR) is 130 cm³/mol. The van der Waals surface area contributed by atoms with Crippen molar-refractivity contribution in [2.24, 2.45) is 0 Å². The van der Waals surface area contributed by atoms with Gasteiger partial charge in [-0.1, -0.05) is 29.4 Å². The number of halogens is 1. The average molecular weight is 491 g/mol. The highest BCUT2D eigenvalue weighted by molar-refractivity contribution is 7.99. The summed E-state index contributed by atoms with van der Waals surface area (Å²) in [7, 11) is 3.02. The minimum atomic E-state index is -0.221. The van der Waals surface area contributed by atoms with Crippen molar-refractivity contribution < 1.29 is 19.0 Å². The number of benzene rings is 2. The van der Waals surface area contributed by atoms with Crippen molar-refractivity contribution in [3.63, 3.8) is 0 Å². The van der Waals surface area contributed by atoms with Crippen molar-refractivity contribution in [2.45, 2.75) is 39.1 Å². The molecule has 2 aromatic carbocycles. The standard InChI is InChI=1S/C23H27ClN4O4S/c1-6-28-21(12-32-16-8-14(2)7-15(3)9-16)26-27-23(28)33-13-22(29)25-18-11-19(30-4)17(24)10-20(18)31-5/h7-11H,6,12-13H2,1-5H3,(H,25,29). The zero-order chi connectivity index (χ0) is 24.0. The van der Waals surface area contributed by atoms with E-state index in [1.165, 1.54) is 26.0 Å². The summed E-state index contributed by atoms with van der Waals surface area (Å²) in [6.07, 6.45) is 0. The van der Waals surface area contributed by atoms with E-state index in [0.29, 0.717) is 39.7 Å². The second-order valence-electron chi connectivity index (χ2n) is 7.28. The van der Waals surface area contributed by atoms with Gasteiger partial charge in [-0.3, -0.25) is 4.79 Å². The Morgan fingerprint density at radius 2 is 1.76 bits per heavy atom. The Hall–Kier alpha value is -2.91. The summed E-state index contributed by atoms with van der Waals surface area (Å²) in [5, 5.41) is 12.4. The first-order valence-corrected chi connectivity index (χ1v) is 11.7. The molecule has 0 saturated carbocycles. The van der Waals surface area contributed by atoms with Crippen LogP contribution in [0.5, 0.6) is 17.2 Å². The van der Waals surface area contributed by atoms with Crippen LogP contribution < -0.4 is 19.5 Å². The third-order valence-electron chi connectivity index (χ3n) is 4.75. The number of ether oxygens (including phenoxy) is 3. The molecule has 33 heavy (non-hydrogen) atoms. The van der Waals surface area contributed by atoms with Crippen LogP contribution in [-0.4, -0.2) is 40.6 Å². The first-order valence-electron chi connectivity index (χ1n) is 10.3. The molecule has 0 fully saturated rings. The quantitative estimate of drug-likeness (QED) is 0.404. The molecule has 0 aliphatic rings. The highest BCUT2D eigenvalue weighted by Gasteiger charge is 2.16. The summed E-state index contributed by atoms with van der Waals surface area (Å²) < 4.78 is 18.4. The SMILES string of the molecule is CCn1c(COc2cc(C)cc(C)c2)nnc1SCC(=O)Nc1cc(OC)c(Cl)cc1OC. The number of aromatic nitrogens is 3. The average Bonchev–Trinajstić information content (AvgIpc) is 3.18. The van der Waals surface area contributed by atoms with E-state index in [1.807, 2.05) is 37.5 Å². The number of carbonyl (C=O) groups excluding carboxylic acids is 1. The van der Waals surface area contributed by atoms with Crippen molar-refractivity contribution in [3.8, 4) is 17.2 Å². The van der Waals surface area contributed by atoms with Crippen LogP contribution in [0.25, 0.3) is 0 Å². The number of rotatable bonds is 10. The first-order chi connectivity index (χ1) is 15.8. The van der Waals surface area contributed by atoms with Crippen LogP contribution in [0.3, 0.4) is 0 Å². The Labute approximate surface area is 202 Å². The molecule has 8 nitrogen and oxygen atoms in total. The van der Waals surface area contributed by atoms with E-state index in [2.05, 4.69) is 21.6 Å². The first kappa shape index (κ1) is 24.7. The number of nitrogens with one attached hydrogen (secondary N) is 1. The van der Waals surface area contributed by atoms with E-state index in [9.17, 15) is 4.79 Å². The molecule has 1 heterocycles. The topological polar surface area (TPSA) is 87.5 Å². The molecule has 10 heteroatoms.